The zero-order valence-corrected chi connectivity index (χ0v) is 16.7. The molecule has 4 aromatic carbocycles. The molecule has 0 bridgehead atoms. The molecule has 146 valence electrons. The van der Waals surface area contributed by atoms with Crippen LogP contribution in [-0.2, 0) is 12.8 Å². The van der Waals surface area contributed by atoms with E-state index in [2.05, 4.69) is 60.7 Å². The van der Waals surface area contributed by atoms with E-state index in [4.69, 9.17) is 16.5 Å². The van der Waals surface area contributed by atoms with Gasteiger partial charge in [0, 0.05) is 22.1 Å². The van der Waals surface area contributed by atoms with Crippen molar-refractivity contribution in [3.05, 3.63) is 113 Å². The van der Waals surface area contributed by atoms with Crippen LogP contribution in [0.5, 0.6) is 0 Å². The van der Waals surface area contributed by atoms with Gasteiger partial charge in [-0.05, 0) is 83.6 Å². The molecule has 0 spiro atoms. The van der Waals surface area contributed by atoms with Gasteiger partial charge in [0.1, 0.15) is 0 Å². The fourth-order valence-corrected chi connectivity index (χ4v) is 3.90. The third kappa shape index (κ3) is 3.83. The fraction of sp³-hybridized carbons (Fsp3) is 0.0741. The lowest BCUT2D eigenvalue weighted by Gasteiger charge is -2.08. The second kappa shape index (κ2) is 7.53. The second-order valence-corrected chi connectivity index (χ2v) is 7.88. The first-order chi connectivity index (χ1) is 14.6. The summed E-state index contributed by atoms with van der Waals surface area (Å²) in [6, 6.07) is 31.5. The van der Waals surface area contributed by atoms with Crippen molar-refractivity contribution in [3.8, 4) is 0 Å². The Morgan fingerprint density at radius 2 is 0.933 bits per heavy atom. The molecule has 0 aliphatic rings. The van der Waals surface area contributed by atoms with Crippen LogP contribution in [0.4, 0.5) is 11.4 Å². The van der Waals surface area contributed by atoms with Crippen molar-refractivity contribution in [2.45, 2.75) is 12.8 Å². The van der Waals surface area contributed by atoms with Crippen LogP contribution in [0.2, 0.25) is 0 Å². The molecule has 0 fully saturated rings. The molecular formula is C27H23N3. The lowest BCUT2D eigenvalue weighted by atomic mass is 9.99. The van der Waals surface area contributed by atoms with Crippen molar-refractivity contribution in [1.82, 2.24) is 4.98 Å². The van der Waals surface area contributed by atoms with Crippen LogP contribution in [0.15, 0.2) is 91.0 Å². The van der Waals surface area contributed by atoms with Gasteiger partial charge >= 0.3 is 0 Å². The molecule has 0 aliphatic heterocycles. The summed E-state index contributed by atoms with van der Waals surface area (Å²) in [5, 5.41) is 2.22. The summed E-state index contributed by atoms with van der Waals surface area (Å²) in [6.45, 7) is 0. The highest BCUT2D eigenvalue weighted by Crippen LogP contribution is 2.24. The van der Waals surface area contributed by atoms with Gasteiger partial charge in [0.2, 0.25) is 0 Å². The Morgan fingerprint density at radius 3 is 1.60 bits per heavy atom. The fourth-order valence-electron chi connectivity index (χ4n) is 3.90. The number of hydrogen-bond donors (Lipinski definition) is 2. The molecular weight excluding hydrogens is 366 g/mol. The van der Waals surface area contributed by atoms with Crippen LogP contribution in [-0.4, -0.2) is 4.98 Å². The molecule has 3 heteroatoms. The van der Waals surface area contributed by atoms with Gasteiger partial charge in [0.25, 0.3) is 0 Å². The Morgan fingerprint density at radius 1 is 0.467 bits per heavy atom. The van der Waals surface area contributed by atoms with Crippen molar-refractivity contribution in [2.24, 2.45) is 0 Å². The lowest BCUT2D eigenvalue weighted by molar-refractivity contribution is 1.15. The average molecular weight is 390 g/mol. The van der Waals surface area contributed by atoms with E-state index in [0.29, 0.717) is 0 Å². The summed E-state index contributed by atoms with van der Waals surface area (Å²) in [7, 11) is 0. The van der Waals surface area contributed by atoms with Gasteiger partial charge in [-0.25, -0.2) is 4.98 Å². The van der Waals surface area contributed by atoms with Crippen molar-refractivity contribution in [2.75, 3.05) is 11.5 Å². The van der Waals surface area contributed by atoms with Crippen molar-refractivity contribution in [3.63, 3.8) is 0 Å². The second-order valence-electron chi connectivity index (χ2n) is 7.88. The normalized spacial score (nSPS) is 11.2. The predicted molar refractivity (Wildman–Crippen MR) is 127 cm³/mol. The molecule has 0 radical (unpaired) electrons. The number of nitrogens with two attached hydrogens (primary N) is 2. The summed E-state index contributed by atoms with van der Waals surface area (Å²) < 4.78 is 0. The van der Waals surface area contributed by atoms with E-state index < -0.39 is 0 Å². The minimum atomic E-state index is 0.763. The Bertz CT molecular complexity index is 1340. The van der Waals surface area contributed by atoms with Gasteiger partial charge in [0.15, 0.2) is 0 Å². The number of fused-ring (bicyclic) bond motifs is 2. The minimum absolute atomic E-state index is 0.763. The van der Waals surface area contributed by atoms with Crippen molar-refractivity contribution < 1.29 is 0 Å². The zero-order chi connectivity index (χ0) is 20.5. The maximum absolute atomic E-state index is 5.93. The third-order valence-corrected chi connectivity index (χ3v) is 5.51. The molecule has 5 rings (SSSR count). The van der Waals surface area contributed by atoms with Crippen molar-refractivity contribution in [1.29, 1.82) is 0 Å². The van der Waals surface area contributed by atoms with Gasteiger partial charge in [-0.3, -0.25) is 0 Å². The monoisotopic (exact) mass is 389 g/mol. The van der Waals surface area contributed by atoms with Crippen LogP contribution in [0.3, 0.4) is 0 Å². The maximum Gasteiger partial charge on any atom is 0.0711 e. The highest BCUT2D eigenvalue weighted by molar-refractivity contribution is 5.94. The van der Waals surface area contributed by atoms with Crippen molar-refractivity contribution >= 4 is 33.2 Å². The molecule has 5 aromatic rings. The molecule has 0 aliphatic carbocycles. The molecule has 3 nitrogen and oxygen atoms in total. The molecule has 1 aromatic heterocycles. The molecule has 0 saturated carbocycles. The number of hydrogen-bond acceptors (Lipinski definition) is 3. The van der Waals surface area contributed by atoms with Crippen LogP contribution >= 0.6 is 0 Å². The number of rotatable bonds is 4. The molecule has 4 N–H and O–H groups in total. The number of nitrogens with zero attached hydrogens (tertiary/aromatic N) is 1. The number of benzene rings is 4. The SMILES string of the molecule is Nc1ccc(Cc2ccc(Cc3ccc4nc5ccc(N)cc5cc4c3)cc2)cc1. The van der Waals surface area contributed by atoms with Crippen LogP contribution in [0.25, 0.3) is 21.8 Å². The minimum Gasteiger partial charge on any atom is -0.399 e. The Labute approximate surface area is 176 Å². The van der Waals surface area contributed by atoms with Crippen LogP contribution in [0.1, 0.15) is 22.3 Å². The summed E-state index contributed by atoms with van der Waals surface area (Å²) in [6.07, 6.45) is 1.81. The highest BCUT2D eigenvalue weighted by Gasteiger charge is 2.04. The topological polar surface area (TPSA) is 64.9 Å². The van der Waals surface area contributed by atoms with Gasteiger partial charge < -0.3 is 11.5 Å². The van der Waals surface area contributed by atoms with E-state index in [1.54, 1.807) is 0 Å². The molecule has 0 atom stereocenters. The standard InChI is InChI=1S/C27H23N3/c28-24-8-5-20(6-9-24)13-18-1-3-19(4-2-18)14-21-7-11-26-22(15-21)16-23-17-25(29)10-12-27(23)30-26/h1-12,15-17H,13-14,28-29H2. The third-order valence-electron chi connectivity index (χ3n) is 5.51. The van der Waals surface area contributed by atoms with Crippen LogP contribution < -0.4 is 11.5 Å². The van der Waals surface area contributed by atoms with E-state index in [9.17, 15) is 0 Å². The first-order valence-electron chi connectivity index (χ1n) is 10.1. The largest absolute Gasteiger partial charge is 0.399 e. The summed E-state index contributed by atoms with van der Waals surface area (Å²) in [4.78, 5) is 4.76. The highest BCUT2D eigenvalue weighted by atomic mass is 14.7. The smallest absolute Gasteiger partial charge is 0.0711 e. The summed E-state index contributed by atoms with van der Waals surface area (Å²) >= 11 is 0. The van der Waals surface area contributed by atoms with E-state index in [1.165, 1.54) is 22.3 Å². The number of pyridine rings is 1. The van der Waals surface area contributed by atoms with Gasteiger partial charge in [-0.2, -0.15) is 0 Å². The van der Waals surface area contributed by atoms with E-state index in [-0.39, 0.29) is 0 Å². The molecule has 0 saturated heterocycles. The molecule has 1 heterocycles. The Hall–Kier alpha value is -3.85. The van der Waals surface area contributed by atoms with Crippen LogP contribution in [0, 0.1) is 0 Å². The first-order valence-corrected chi connectivity index (χ1v) is 10.1. The summed E-state index contributed by atoms with van der Waals surface area (Å²) in [5.41, 5.74) is 20.4. The predicted octanol–water partition coefficient (Wildman–Crippen LogP) is 5.73. The van der Waals surface area contributed by atoms with E-state index in [1.807, 2.05) is 30.3 Å². The maximum atomic E-state index is 5.93. The number of anilines is 2. The van der Waals surface area contributed by atoms with Gasteiger partial charge in [-0.1, -0.05) is 42.5 Å². The van der Waals surface area contributed by atoms with E-state index in [0.717, 1.165) is 46.0 Å². The Balaban J connectivity index is 1.36. The zero-order valence-electron chi connectivity index (χ0n) is 16.7. The number of aromatic nitrogens is 1. The summed E-state index contributed by atoms with van der Waals surface area (Å²) in [5.74, 6) is 0. The molecule has 0 unspecified atom stereocenters. The lowest BCUT2D eigenvalue weighted by Crippen LogP contribution is -1.93. The average Bonchev–Trinajstić information content (AvgIpc) is 2.75. The Kier molecular flexibility index (Phi) is 4.56. The quantitative estimate of drug-likeness (QED) is 0.304. The first kappa shape index (κ1) is 18.2. The number of nitrogen functional groups attached to an aromatic ring is 2. The molecule has 0 amide bonds. The van der Waals surface area contributed by atoms with Gasteiger partial charge in [0.05, 0.1) is 11.0 Å². The molecule has 30 heavy (non-hydrogen) atoms. The van der Waals surface area contributed by atoms with E-state index >= 15 is 0 Å². The van der Waals surface area contributed by atoms with Gasteiger partial charge in [-0.15, -0.1) is 0 Å².